The van der Waals surface area contributed by atoms with E-state index in [1.165, 1.54) is 6.20 Å². The van der Waals surface area contributed by atoms with E-state index in [0.717, 1.165) is 16.9 Å². The second-order valence-corrected chi connectivity index (χ2v) is 3.92. The molecule has 5 heteroatoms. The Morgan fingerprint density at radius 2 is 1.84 bits per heavy atom. The van der Waals surface area contributed by atoms with Gasteiger partial charge in [-0.2, -0.15) is 0 Å². The van der Waals surface area contributed by atoms with Crippen molar-refractivity contribution in [1.29, 1.82) is 5.41 Å². The summed E-state index contributed by atoms with van der Waals surface area (Å²) in [4.78, 5) is 4.16. The van der Waals surface area contributed by atoms with Crippen LogP contribution < -0.4 is 15.2 Å². The van der Waals surface area contributed by atoms with Crippen molar-refractivity contribution in [2.45, 2.75) is 0 Å². The van der Waals surface area contributed by atoms with Crippen molar-refractivity contribution < 1.29 is 9.47 Å². The molecule has 1 aromatic heterocycles. The van der Waals surface area contributed by atoms with Gasteiger partial charge in [0, 0.05) is 17.3 Å². The number of pyridine rings is 1. The van der Waals surface area contributed by atoms with Gasteiger partial charge in [0.05, 0.1) is 14.2 Å². The topological polar surface area (TPSA) is 81.2 Å². The van der Waals surface area contributed by atoms with Crippen LogP contribution in [0.1, 0.15) is 5.56 Å². The summed E-state index contributed by atoms with van der Waals surface area (Å²) in [7, 11) is 3.18. The molecule has 0 aliphatic rings. The van der Waals surface area contributed by atoms with Crippen LogP contribution in [0.5, 0.6) is 11.6 Å². The summed E-state index contributed by atoms with van der Waals surface area (Å²) in [6.07, 6.45) is 1.52. The molecular weight excluding hydrogens is 242 g/mol. The number of rotatable bonds is 4. The number of nitrogens with two attached hydrogens (primary N) is 1. The Kier molecular flexibility index (Phi) is 3.66. The molecule has 5 nitrogen and oxygen atoms in total. The zero-order valence-electron chi connectivity index (χ0n) is 10.8. The van der Waals surface area contributed by atoms with E-state index in [2.05, 4.69) is 4.98 Å². The Labute approximate surface area is 111 Å². The number of methoxy groups -OCH3 is 2. The fourth-order valence-electron chi connectivity index (χ4n) is 1.74. The van der Waals surface area contributed by atoms with Crippen molar-refractivity contribution in [3.8, 4) is 22.8 Å². The number of nitrogen functional groups attached to an aromatic ring is 1. The first kappa shape index (κ1) is 12.9. The van der Waals surface area contributed by atoms with Gasteiger partial charge in [-0.05, 0) is 23.8 Å². The standard InChI is InChI=1S/C14H15N3O2/c1-18-11-5-3-9(4-6-11)12-7-10(13(15)16)8-17-14(12)19-2/h3-8H,1-2H3,(H3,15,16). The van der Waals surface area contributed by atoms with Crippen LogP contribution in [0.2, 0.25) is 0 Å². The quantitative estimate of drug-likeness (QED) is 0.648. The summed E-state index contributed by atoms with van der Waals surface area (Å²) in [5, 5.41) is 7.46. The molecule has 2 rings (SSSR count). The third-order valence-electron chi connectivity index (χ3n) is 2.76. The molecule has 3 N–H and O–H groups in total. The van der Waals surface area contributed by atoms with Crippen molar-refractivity contribution in [3.05, 3.63) is 42.1 Å². The van der Waals surface area contributed by atoms with Crippen LogP contribution in [0.15, 0.2) is 36.5 Å². The molecule has 0 radical (unpaired) electrons. The van der Waals surface area contributed by atoms with Crippen LogP contribution in [0, 0.1) is 5.41 Å². The van der Waals surface area contributed by atoms with Crippen LogP contribution in [0.4, 0.5) is 0 Å². The predicted octanol–water partition coefficient (Wildman–Crippen LogP) is 2.05. The summed E-state index contributed by atoms with van der Waals surface area (Å²) < 4.78 is 10.4. The van der Waals surface area contributed by atoms with Crippen LogP contribution in [-0.2, 0) is 0 Å². The second-order valence-electron chi connectivity index (χ2n) is 3.92. The highest BCUT2D eigenvalue weighted by molar-refractivity contribution is 5.96. The normalized spacial score (nSPS) is 10.0. The van der Waals surface area contributed by atoms with E-state index in [1.807, 2.05) is 24.3 Å². The highest BCUT2D eigenvalue weighted by Crippen LogP contribution is 2.29. The molecule has 0 atom stereocenters. The maximum absolute atomic E-state index is 7.46. The van der Waals surface area contributed by atoms with Gasteiger partial charge >= 0.3 is 0 Å². The average molecular weight is 257 g/mol. The van der Waals surface area contributed by atoms with Crippen molar-refractivity contribution in [2.24, 2.45) is 5.73 Å². The summed E-state index contributed by atoms with van der Waals surface area (Å²) in [6.45, 7) is 0. The maximum Gasteiger partial charge on any atom is 0.221 e. The molecule has 0 aliphatic heterocycles. The van der Waals surface area contributed by atoms with Gasteiger partial charge < -0.3 is 15.2 Å². The lowest BCUT2D eigenvalue weighted by Gasteiger charge is -2.10. The molecular formula is C14H15N3O2. The maximum atomic E-state index is 7.46. The molecule has 1 heterocycles. The molecule has 0 spiro atoms. The fourth-order valence-corrected chi connectivity index (χ4v) is 1.74. The Bertz CT molecular complexity index is 594. The number of amidine groups is 1. The number of benzene rings is 1. The van der Waals surface area contributed by atoms with E-state index in [0.29, 0.717) is 11.4 Å². The first-order chi connectivity index (χ1) is 9.15. The largest absolute Gasteiger partial charge is 0.497 e. The third-order valence-corrected chi connectivity index (χ3v) is 2.76. The average Bonchev–Trinajstić information content (AvgIpc) is 2.46. The lowest BCUT2D eigenvalue weighted by molar-refractivity contribution is 0.399. The Balaban J connectivity index is 2.51. The molecule has 0 saturated carbocycles. The Morgan fingerprint density at radius 1 is 1.16 bits per heavy atom. The highest BCUT2D eigenvalue weighted by Gasteiger charge is 2.10. The van der Waals surface area contributed by atoms with Crippen LogP contribution in [0.3, 0.4) is 0 Å². The number of hydrogen-bond donors (Lipinski definition) is 2. The first-order valence-electron chi connectivity index (χ1n) is 5.68. The summed E-state index contributed by atoms with van der Waals surface area (Å²) >= 11 is 0. The van der Waals surface area contributed by atoms with E-state index in [9.17, 15) is 0 Å². The number of ether oxygens (including phenoxy) is 2. The molecule has 98 valence electrons. The van der Waals surface area contributed by atoms with Crippen LogP contribution in [-0.4, -0.2) is 25.0 Å². The van der Waals surface area contributed by atoms with Gasteiger partial charge in [-0.3, -0.25) is 5.41 Å². The smallest absolute Gasteiger partial charge is 0.221 e. The monoisotopic (exact) mass is 257 g/mol. The number of nitrogens with zero attached hydrogens (tertiary/aromatic N) is 1. The molecule has 0 fully saturated rings. The lowest BCUT2D eigenvalue weighted by Crippen LogP contribution is -2.11. The van der Waals surface area contributed by atoms with Crippen molar-refractivity contribution in [1.82, 2.24) is 4.98 Å². The zero-order chi connectivity index (χ0) is 13.8. The fraction of sp³-hybridized carbons (Fsp3) is 0.143. The van der Waals surface area contributed by atoms with Gasteiger partial charge in [0.1, 0.15) is 11.6 Å². The molecule has 0 saturated heterocycles. The van der Waals surface area contributed by atoms with E-state index in [4.69, 9.17) is 20.6 Å². The SMILES string of the molecule is COc1ccc(-c2cc(C(=N)N)cnc2OC)cc1. The van der Waals surface area contributed by atoms with Crippen LogP contribution in [0.25, 0.3) is 11.1 Å². The second kappa shape index (κ2) is 5.39. The molecule has 0 unspecified atom stereocenters. The minimum atomic E-state index is -0.0232. The van der Waals surface area contributed by atoms with Crippen molar-refractivity contribution >= 4 is 5.84 Å². The van der Waals surface area contributed by atoms with E-state index in [-0.39, 0.29) is 5.84 Å². The summed E-state index contributed by atoms with van der Waals surface area (Å²) in [6, 6.07) is 9.31. The van der Waals surface area contributed by atoms with E-state index < -0.39 is 0 Å². The molecule has 0 aliphatic carbocycles. The van der Waals surface area contributed by atoms with Gasteiger partial charge in [0.2, 0.25) is 5.88 Å². The zero-order valence-corrected chi connectivity index (χ0v) is 10.8. The number of aromatic nitrogens is 1. The molecule has 0 bridgehead atoms. The van der Waals surface area contributed by atoms with Gasteiger partial charge in [0.15, 0.2) is 0 Å². The Morgan fingerprint density at radius 3 is 2.37 bits per heavy atom. The van der Waals surface area contributed by atoms with Gasteiger partial charge in [-0.15, -0.1) is 0 Å². The summed E-state index contributed by atoms with van der Waals surface area (Å²) in [5.41, 5.74) is 7.76. The van der Waals surface area contributed by atoms with E-state index >= 15 is 0 Å². The van der Waals surface area contributed by atoms with Gasteiger partial charge in [0.25, 0.3) is 0 Å². The summed E-state index contributed by atoms with van der Waals surface area (Å²) in [5.74, 6) is 1.25. The molecule has 19 heavy (non-hydrogen) atoms. The van der Waals surface area contributed by atoms with Crippen molar-refractivity contribution in [3.63, 3.8) is 0 Å². The Hall–Kier alpha value is -2.56. The highest BCUT2D eigenvalue weighted by atomic mass is 16.5. The van der Waals surface area contributed by atoms with Gasteiger partial charge in [-0.1, -0.05) is 12.1 Å². The third kappa shape index (κ3) is 2.65. The van der Waals surface area contributed by atoms with Crippen LogP contribution >= 0.6 is 0 Å². The number of hydrogen-bond acceptors (Lipinski definition) is 4. The molecule has 2 aromatic rings. The first-order valence-corrected chi connectivity index (χ1v) is 5.68. The van der Waals surface area contributed by atoms with Gasteiger partial charge in [-0.25, -0.2) is 4.98 Å². The molecule has 0 amide bonds. The lowest BCUT2D eigenvalue weighted by atomic mass is 10.0. The van der Waals surface area contributed by atoms with Crippen molar-refractivity contribution in [2.75, 3.05) is 14.2 Å². The minimum Gasteiger partial charge on any atom is -0.497 e. The number of nitrogens with one attached hydrogen (secondary N) is 1. The predicted molar refractivity (Wildman–Crippen MR) is 73.8 cm³/mol. The molecule has 1 aromatic carbocycles. The minimum absolute atomic E-state index is 0.0232. The van der Waals surface area contributed by atoms with E-state index in [1.54, 1.807) is 20.3 Å².